The van der Waals surface area contributed by atoms with Crippen LogP contribution in [0.3, 0.4) is 0 Å². The van der Waals surface area contributed by atoms with Crippen molar-refractivity contribution in [3.8, 4) is 0 Å². The molecule has 0 fully saturated rings. The minimum Gasteiger partial charge on any atom is -0.478 e. The Morgan fingerprint density at radius 3 is 2.12 bits per heavy atom. The van der Waals surface area contributed by atoms with Crippen molar-refractivity contribution in [3.63, 3.8) is 0 Å². The zero-order valence-electron chi connectivity index (χ0n) is 18.3. The maximum atomic E-state index is 11.4. The number of aromatic carboxylic acids is 1. The summed E-state index contributed by atoms with van der Waals surface area (Å²) in [6, 6.07) is 30.6. The van der Waals surface area contributed by atoms with Crippen LogP contribution in [0.4, 0.5) is 0 Å². The van der Waals surface area contributed by atoms with E-state index in [1.807, 2.05) is 6.07 Å². The molecule has 0 aliphatic carbocycles. The van der Waals surface area contributed by atoms with E-state index in [1.165, 1.54) is 16.7 Å². The maximum absolute atomic E-state index is 11.4. The molecule has 0 heterocycles. The van der Waals surface area contributed by atoms with E-state index in [0.717, 1.165) is 37.4 Å². The molecule has 1 atom stereocenters. The van der Waals surface area contributed by atoms with Crippen LogP contribution in [0, 0.1) is 0 Å². The van der Waals surface area contributed by atoms with E-state index in [0.29, 0.717) is 12.0 Å². The second-order valence-electron chi connectivity index (χ2n) is 8.36. The standard InChI is InChI=1S/C29H23Br3O2/c30-25-12-10-19(11-13-25)14-24(17-21-5-2-8-26(31)18-21)27-9-3-6-22(28(27)32)15-20-4-1-7-23(16-20)29(33)34/h1-13,16,18,24H,14-15,17H2,(H,33,34). The summed E-state index contributed by atoms with van der Waals surface area (Å²) in [6.45, 7) is 0. The number of halogens is 3. The normalized spacial score (nSPS) is 11.9. The first-order chi connectivity index (χ1) is 16.4. The Hall–Kier alpha value is -2.21. The second-order valence-corrected chi connectivity index (χ2v) is 11.0. The van der Waals surface area contributed by atoms with Crippen molar-refractivity contribution in [2.45, 2.75) is 25.2 Å². The van der Waals surface area contributed by atoms with Gasteiger partial charge in [0.05, 0.1) is 5.56 Å². The van der Waals surface area contributed by atoms with Gasteiger partial charge < -0.3 is 5.11 Å². The van der Waals surface area contributed by atoms with Gasteiger partial charge in [-0.1, -0.05) is 102 Å². The van der Waals surface area contributed by atoms with Crippen LogP contribution in [-0.2, 0) is 19.3 Å². The van der Waals surface area contributed by atoms with Crippen LogP contribution in [0.25, 0.3) is 0 Å². The minimum atomic E-state index is -0.904. The molecule has 0 spiro atoms. The molecule has 0 aliphatic heterocycles. The second kappa shape index (κ2) is 11.5. The van der Waals surface area contributed by atoms with E-state index in [9.17, 15) is 9.90 Å². The molecule has 0 saturated carbocycles. The lowest BCUT2D eigenvalue weighted by molar-refractivity contribution is 0.0696. The number of rotatable bonds is 8. The van der Waals surface area contributed by atoms with E-state index in [4.69, 9.17) is 0 Å². The molecular weight excluding hydrogens is 620 g/mol. The molecule has 0 aliphatic rings. The molecule has 172 valence electrons. The average Bonchev–Trinajstić information content (AvgIpc) is 2.82. The monoisotopic (exact) mass is 640 g/mol. The highest BCUT2D eigenvalue weighted by molar-refractivity contribution is 9.11. The molecule has 2 nitrogen and oxygen atoms in total. The lowest BCUT2D eigenvalue weighted by Gasteiger charge is -2.21. The van der Waals surface area contributed by atoms with Crippen LogP contribution in [-0.4, -0.2) is 11.1 Å². The third kappa shape index (κ3) is 6.47. The summed E-state index contributed by atoms with van der Waals surface area (Å²) in [4.78, 5) is 11.4. The Bertz CT molecular complexity index is 1300. The molecular formula is C29H23Br3O2. The van der Waals surface area contributed by atoms with E-state index in [-0.39, 0.29) is 5.92 Å². The summed E-state index contributed by atoms with van der Waals surface area (Å²) < 4.78 is 3.25. The number of hydrogen-bond acceptors (Lipinski definition) is 1. The van der Waals surface area contributed by atoms with Gasteiger partial charge in [0.1, 0.15) is 0 Å². The molecule has 4 aromatic carbocycles. The largest absolute Gasteiger partial charge is 0.478 e. The first-order valence-corrected chi connectivity index (χ1v) is 13.4. The van der Waals surface area contributed by atoms with Gasteiger partial charge in [-0.25, -0.2) is 4.79 Å². The van der Waals surface area contributed by atoms with Gasteiger partial charge in [0.25, 0.3) is 0 Å². The van der Waals surface area contributed by atoms with Gasteiger partial charge in [-0.2, -0.15) is 0 Å². The molecule has 1 unspecified atom stereocenters. The summed E-state index contributed by atoms with van der Waals surface area (Å²) in [5.41, 5.74) is 6.27. The van der Waals surface area contributed by atoms with Crippen LogP contribution in [0.15, 0.2) is 104 Å². The summed E-state index contributed by atoms with van der Waals surface area (Å²) in [7, 11) is 0. The highest BCUT2D eigenvalue weighted by Gasteiger charge is 2.19. The molecule has 34 heavy (non-hydrogen) atoms. The smallest absolute Gasteiger partial charge is 0.335 e. The van der Waals surface area contributed by atoms with Crippen LogP contribution >= 0.6 is 47.8 Å². The van der Waals surface area contributed by atoms with Crippen LogP contribution in [0.5, 0.6) is 0 Å². The number of benzene rings is 4. The van der Waals surface area contributed by atoms with Crippen molar-refractivity contribution < 1.29 is 9.90 Å². The number of carboxylic acids is 1. The van der Waals surface area contributed by atoms with Gasteiger partial charge >= 0.3 is 5.97 Å². The number of carbonyl (C=O) groups is 1. The predicted octanol–water partition coefficient (Wildman–Crippen LogP) is 8.83. The Kier molecular flexibility index (Phi) is 8.41. The summed E-state index contributed by atoms with van der Waals surface area (Å²) >= 11 is 11.0. The molecule has 0 amide bonds. The van der Waals surface area contributed by atoms with E-state index in [1.54, 1.807) is 18.2 Å². The highest BCUT2D eigenvalue weighted by atomic mass is 79.9. The highest BCUT2D eigenvalue weighted by Crippen LogP contribution is 2.34. The van der Waals surface area contributed by atoms with Gasteiger partial charge in [-0.3, -0.25) is 0 Å². The fourth-order valence-electron chi connectivity index (χ4n) is 4.23. The Morgan fingerprint density at radius 1 is 0.706 bits per heavy atom. The lowest BCUT2D eigenvalue weighted by atomic mass is 9.85. The van der Waals surface area contributed by atoms with Crippen molar-refractivity contribution >= 4 is 53.8 Å². The summed E-state index contributed by atoms with van der Waals surface area (Å²) in [5.74, 6) is -0.631. The molecule has 4 aromatic rings. The number of carboxylic acid groups (broad SMARTS) is 1. The van der Waals surface area contributed by atoms with Gasteiger partial charge in [0, 0.05) is 13.4 Å². The van der Waals surface area contributed by atoms with Gasteiger partial charge in [0.15, 0.2) is 0 Å². The molecule has 0 radical (unpaired) electrons. The van der Waals surface area contributed by atoms with Crippen molar-refractivity contribution in [2.24, 2.45) is 0 Å². The third-order valence-electron chi connectivity index (χ3n) is 5.88. The Morgan fingerprint density at radius 2 is 1.38 bits per heavy atom. The summed E-state index contributed by atoms with van der Waals surface area (Å²) in [6.07, 6.45) is 2.49. The third-order valence-corrected chi connectivity index (χ3v) is 7.87. The van der Waals surface area contributed by atoms with Crippen LogP contribution in [0.2, 0.25) is 0 Å². The molecule has 0 saturated heterocycles. The number of hydrogen-bond donors (Lipinski definition) is 1. The first-order valence-electron chi connectivity index (χ1n) is 11.0. The Balaban J connectivity index is 1.68. The van der Waals surface area contributed by atoms with Gasteiger partial charge in [-0.05, 0) is 89.4 Å². The molecule has 5 heteroatoms. The van der Waals surface area contributed by atoms with Crippen LogP contribution in [0.1, 0.15) is 44.1 Å². The van der Waals surface area contributed by atoms with Crippen molar-refractivity contribution in [3.05, 3.63) is 138 Å². The van der Waals surface area contributed by atoms with Crippen molar-refractivity contribution in [2.75, 3.05) is 0 Å². The van der Waals surface area contributed by atoms with Gasteiger partial charge in [-0.15, -0.1) is 0 Å². The fourth-order valence-corrected chi connectivity index (χ4v) is 5.67. The maximum Gasteiger partial charge on any atom is 0.335 e. The predicted molar refractivity (Wildman–Crippen MR) is 149 cm³/mol. The fraction of sp³-hybridized carbons (Fsp3) is 0.138. The van der Waals surface area contributed by atoms with E-state index >= 15 is 0 Å². The molecule has 0 aromatic heterocycles. The first kappa shape index (κ1) is 24.9. The molecule has 1 N–H and O–H groups in total. The quantitative estimate of drug-likeness (QED) is 0.209. The van der Waals surface area contributed by atoms with Crippen molar-refractivity contribution in [1.82, 2.24) is 0 Å². The molecule has 0 bridgehead atoms. The zero-order chi connectivity index (χ0) is 24.1. The van der Waals surface area contributed by atoms with E-state index < -0.39 is 5.97 Å². The SMILES string of the molecule is O=C(O)c1cccc(Cc2cccc(C(Cc3ccc(Br)cc3)Cc3cccc(Br)c3)c2Br)c1. The summed E-state index contributed by atoms with van der Waals surface area (Å²) in [5, 5.41) is 9.35. The lowest BCUT2D eigenvalue weighted by Crippen LogP contribution is -2.09. The zero-order valence-corrected chi connectivity index (χ0v) is 23.1. The van der Waals surface area contributed by atoms with Crippen LogP contribution < -0.4 is 0 Å². The average molecular weight is 643 g/mol. The topological polar surface area (TPSA) is 37.3 Å². The van der Waals surface area contributed by atoms with E-state index in [2.05, 4.69) is 115 Å². The van der Waals surface area contributed by atoms with Crippen molar-refractivity contribution in [1.29, 1.82) is 0 Å². The molecule has 4 rings (SSSR count). The Labute approximate surface area is 225 Å². The minimum absolute atomic E-state index is 0.273. The van der Waals surface area contributed by atoms with Gasteiger partial charge in [0.2, 0.25) is 0 Å².